The van der Waals surface area contributed by atoms with Crippen molar-refractivity contribution in [3.8, 4) is 12.3 Å². The van der Waals surface area contributed by atoms with Crippen molar-refractivity contribution >= 4 is 5.78 Å². The molecule has 0 aliphatic heterocycles. The van der Waals surface area contributed by atoms with Gasteiger partial charge < -0.3 is 10.2 Å². The van der Waals surface area contributed by atoms with Gasteiger partial charge in [-0.25, -0.2) is 0 Å². The van der Waals surface area contributed by atoms with Crippen LogP contribution < -0.4 is 0 Å². The summed E-state index contributed by atoms with van der Waals surface area (Å²) in [6.07, 6.45) is 14.6. The Morgan fingerprint density at radius 3 is 2.48 bits per heavy atom. The van der Waals surface area contributed by atoms with Gasteiger partial charge >= 0.3 is 0 Å². The highest BCUT2D eigenvalue weighted by atomic mass is 16.3. The van der Waals surface area contributed by atoms with Crippen LogP contribution in [0.2, 0.25) is 0 Å². The smallest absolute Gasteiger partial charge is 0.156 e. The number of fused-ring (bicyclic) bond motifs is 4. The number of rotatable bonds is 3. The fourth-order valence-electron chi connectivity index (χ4n) is 8.00. The zero-order chi connectivity index (χ0) is 23.0. The van der Waals surface area contributed by atoms with Crippen LogP contribution in [0, 0.1) is 29.6 Å². The van der Waals surface area contributed by atoms with Crippen molar-refractivity contribution in [3.05, 3.63) is 58.2 Å². The minimum atomic E-state index is -1.26. The summed E-state index contributed by atoms with van der Waals surface area (Å²) in [4.78, 5) is 12.2. The molecule has 1 unspecified atom stereocenters. The van der Waals surface area contributed by atoms with E-state index >= 15 is 0 Å². The molecule has 0 bridgehead atoms. The van der Waals surface area contributed by atoms with Gasteiger partial charge in [-0.3, -0.25) is 4.79 Å². The molecule has 3 saturated carbocycles. The van der Waals surface area contributed by atoms with E-state index in [0.29, 0.717) is 24.7 Å². The van der Waals surface area contributed by atoms with Gasteiger partial charge in [0, 0.05) is 17.8 Å². The number of benzene rings is 1. The maximum atomic E-state index is 12.2. The van der Waals surface area contributed by atoms with E-state index in [0.717, 1.165) is 38.0 Å². The van der Waals surface area contributed by atoms with E-state index in [1.807, 2.05) is 6.08 Å². The van der Waals surface area contributed by atoms with Crippen molar-refractivity contribution in [2.24, 2.45) is 17.3 Å². The molecule has 33 heavy (non-hydrogen) atoms. The Balaban J connectivity index is 1.49. The fraction of sp³-hybridized carbons (Fsp3) is 0.567. The predicted octanol–water partition coefficient (Wildman–Crippen LogP) is 5.19. The van der Waals surface area contributed by atoms with Gasteiger partial charge in [0.05, 0.1) is 0 Å². The number of terminal acetylenes is 1. The second kappa shape index (κ2) is 7.42. The molecule has 0 amide bonds. The molecule has 2 N–H and O–H groups in total. The summed E-state index contributed by atoms with van der Waals surface area (Å²) in [6, 6.07) is 9.18. The van der Waals surface area contributed by atoms with Crippen molar-refractivity contribution in [3.63, 3.8) is 0 Å². The van der Waals surface area contributed by atoms with Gasteiger partial charge in [0.1, 0.15) is 11.7 Å². The third-order valence-corrected chi connectivity index (χ3v) is 9.95. The standard InChI is InChI=1S/C30H34O3/c1-3-27(32)30(33)15-14-26-24-12-10-21-16-22(31)11-13-23(21)28(24)25(17-29(26,30)2)20-8-6-19(7-9-20)18-4-5-18/h1,6-9,16,18,24-27,32-33H,4-5,10-15,17H2,2H3/t24-,25+,26-,27-,29-,30?/m0/s1. The number of hydrogen-bond donors (Lipinski definition) is 2. The molecule has 3 nitrogen and oxygen atoms in total. The molecule has 1 aromatic rings. The second-order valence-corrected chi connectivity index (χ2v) is 11.5. The lowest BCUT2D eigenvalue weighted by molar-refractivity contribution is -0.142. The van der Waals surface area contributed by atoms with Crippen molar-refractivity contribution in [1.82, 2.24) is 0 Å². The number of aliphatic hydroxyl groups excluding tert-OH is 1. The van der Waals surface area contributed by atoms with Crippen LogP contribution in [-0.2, 0) is 4.79 Å². The molecule has 0 radical (unpaired) electrons. The Kier molecular flexibility index (Phi) is 4.81. The number of hydrogen-bond acceptors (Lipinski definition) is 3. The van der Waals surface area contributed by atoms with Crippen LogP contribution in [0.25, 0.3) is 0 Å². The first kappa shape index (κ1) is 21.4. The summed E-state index contributed by atoms with van der Waals surface area (Å²) >= 11 is 0. The zero-order valence-corrected chi connectivity index (χ0v) is 19.5. The van der Waals surface area contributed by atoms with Crippen molar-refractivity contribution in [2.45, 2.75) is 88.3 Å². The zero-order valence-electron chi connectivity index (χ0n) is 19.5. The SMILES string of the molecule is C#C[C@H](O)C1(O)CC[C@H]2[C@@H]3CCC4=CC(=O)CCC4=C3[C@@H](c3ccc(C4CC4)cc3)C[C@@]21C. The Morgan fingerprint density at radius 1 is 1.06 bits per heavy atom. The molecule has 1 aromatic carbocycles. The lowest BCUT2D eigenvalue weighted by Crippen LogP contribution is -2.56. The van der Waals surface area contributed by atoms with Gasteiger partial charge in [0.25, 0.3) is 0 Å². The summed E-state index contributed by atoms with van der Waals surface area (Å²) in [6.45, 7) is 2.17. The van der Waals surface area contributed by atoms with Crippen LogP contribution in [0.3, 0.4) is 0 Å². The average molecular weight is 443 g/mol. The maximum absolute atomic E-state index is 12.2. The monoisotopic (exact) mass is 442 g/mol. The number of carbonyl (C=O) groups excluding carboxylic acids is 1. The summed E-state index contributed by atoms with van der Waals surface area (Å²) in [5.74, 6) is 4.29. The molecular formula is C30H34O3. The van der Waals surface area contributed by atoms with Crippen LogP contribution >= 0.6 is 0 Å². The first-order valence-electron chi connectivity index (χ1n) is 12.8. The van der Waals surface area contributed by atoms with Gasteiger partial charge in [-0.15, -0.1) is 6.42 Å². The Morgan fingerprint density at radius 2 is 1.79 bits per heavy atom. The van der Waals surface area contributed by atoms with Crippen molar-refractivity contribution < 1.29 is 15.0 Å². The molecule has 0 heterocycles. The van der Waals surface area contributed by atoms with E-state index in [2.05, 4.69) is 37.1 Å². The van der Waals surface area contributed by atoms with E-state index in [1.165, 1.54) is 40.7 Å². The van der Waals surface area contributed by atoms with Crippen LogP contribution in [-0.4, -0.2) is 27.7 Å². The largest absolute Gasteiger partial charge is 0.386 e. The maximum Gasteiger partial charge on any atom is 0.156 e. The fourth-order valence-corrected chi connectivity index (χ4v) is 8.00. The normalized spacial score (nSPS) is 38.7. The van der Waals surface area contributed by atoms with Crippen molar-refractivity contribution in [2.75, 3.05) is 0 Å². The van der Waals surface area contributed by atoms with E-state index in [1.54, 1.807) is 0 Å². The molecule has 6 atom stereocenters. The third-order valence-electron chi connectivity index (χ3n) is 9.95. The molecule has 0 spiro atoms. The van der Waals surface area contributed by atoms with E-state index in [-0.39, 0.29) is 11.7 Å². The minimum Gasteiger partial charge on any atom is -0.386 e. The third kappa shape index (κ3) is 3.07. The topological polar surface area (TPSA) is 57.5 Å². The molecule has 6 rings (SSSR count). The highest BCUT2D eigenvalue weighted by Crippen LogP contribution is 2.67. The molecular weight excluding hydrogens is 408 g/mol. The minimum absolute atomic E-state index is 0.186. The first-order chi connectivity index (χ1) is 15.9. The lowest BCUT2D eigenvalue weighted by atomic mass is 9.50. The molecule has 172 valence electrons. The van der Waals surface area contributed by atoms with E-state index in [4.69, 9.17) is 6.42 Å². The molecule has 0 aromatic heterocycles. The predicted molar refractivity (Wildman–Crippen MR) is 128 cm³/mol. The summed E-state index contributed by atoms with van der Waals surface area (Å²) in [5.41, 5.74) is 5.21. The van der Waals surface area contributed by atoms with Crippen LogP contribution in [0.5, 0.6) is 0 Å². The lowest BCUT2D eigenvalue weighted by Gasteiger charge is -2.55. The highest BCUT2D eigenvalue weighted by Gasteiger charge is 2.65. The Bertz CT molecular complexity index is 1100. The van der Waals surface area contributed by atoms with Gasteiger partial charge in [0.2, 0.25) is 0 Å². The van der Waals surface area contributed by atoms with Crippen LogP contribution in [0.15, 0.2) is 47.1 Å². The number of aliphatic hydroxyl groups is 2. The number of allylic oxidation sites excluding steroid dienone is 4. The average Bonchev–Trinajstić information content (AvgIpc) is 3.63. The Hall–Kier alpha value is -2.15. The summed E-state index contributed by atoms with van der Waals surface area (Å²) < 4.78 is 0. The Labute approximate surface area is 197 Å². The summed E-state index contributed by atoms with van der Waals surface area (Å²) in [5, 5.41) is 22.5. The highest BCUT2D eigenvalue weighted by molar-refractivity contribution is 5.93. The first-order valence-corrected chi connectivity index (χ1v) is 12.8. The van der Waals surface area contributed by atoms with Gasteiger partial charge in [-0.2, -0.15) is 0 Å². The quantitative estimate of drug-likeness (QED) is 0.634. The second-order valence-electron chi connectivity index (χ2n) is 11.5. The van der Waals surface area contributed by atoms with Crippen molar-refractivity contribution in [1.29, 1.82) is 0 Å². The molecule has 0 saturated heterocycles. The van der Waals surface area contributed by atoms with Crippen LogP contribution in [0.1, 0.15) is 87.7 Å². The van der Waals surface area contributed by atoms with Gasteiger partial charge in [-0.1, -0.05) is 42.7 Å². The number of carbonyl (C=O) groups is 1. The molecule has 3 fully saturated rings. The molecule has 3 heteroatoms. The van der Waals surface area contributed by atoms with Gasteiger partial charge in [-0.05, 0) is 97.5 Å². The molecule has 5 aliphatic rings. The van der Waals surface area contributed by atoms with Gasteiger partial charge in [0.15, 0.2) is 5.78 Å². The van der Waals surface area contributed by atoms with Crippen LogP contribution in [0.4, 0.5) is 0 Å². The summed E-state index contributed by atoms with van der Waals surface area (Å²) in [7, 11) is 0. The van der Waals surface area contributed by atoms with E-state index in [9.17, 15) is 15.0 Å². The van der Waals surface area contributed by atoms with E-state index < -0.39 is 17.1 Å². The molecule has 5 aliphatic carbocycles. The number of ketones is 1.